The summed E-state index contributed by atoms with van der Waals surface area (Å²) >= 11 is 0. The molecule has 5 heteroatoms. The molecule has 0 atom stereocenters. The summed E-state index contributed by atoms with van der Waals surface area (Å²) in [4.78, 5) is 0. The lowest BCUT2D eigenvalue weighted by Crippen LogP contribution is -2.16. The van der Waals surface area contributed by atoms with E-state index in [1.54, 1.807) is 24.3 Å². The van der Waals surface area contributed by atoms with Crippen molar-refractivity contribution < 1.29 is 13.5 Å². The molecule has 4 nitrogen and oxygen atoms in total. The molecule has 0 heterocycles. The van der Waals surface area contributed by atoms with E-state index >= 15 is 0 Å². The van der Waals surface area contributed by atoms with Gasteiger partial charge in [-0.1, -0.05) is 109 Å². The van der Waals surface area contributed by atoms with Gasteiger partial charge in [-0.2, -0.15) is 0 Å². The zero-order valence-electron chi connectivity index (χ0n) is 19.2. The van der Waals surface area contributed by atoms with E-state index in [9.17, 15) is 13.5 Å². The third kappa shape index (κ3) is 10.4. The van der Waals surface area contributed by atoms with Crippen molar-refractivity contribution in [1.82, 2.24) is 0 Å². The minimum absolute atomic E-state index is 0.131. The summed E-state index contributed by atoms with van der Waals surface area (Å²) in [6.07, 6.45) is 17.5. The summed E-state index contributed by atoms with van der Waals surface area (Å²) in [6, 6.07) is 10.5. The van der Waals surface area contributed by atoms with Gasteiger partial charge in [0, 0.05) is 5.39 Å². The van der Waals surface area contributed by atoms with Gasteiger partial charge in [-0.25, -0.2) is 8.42 Å². The maximum Gasteiger partial charge on any atom is 0.232 e. The van der Waals surface area contributed by atoms with Crippen molar-refractivity contribution in [2.75, 3.05) is 10.5 Å². The lowest BCUT2D eigenvalue weighted by Gasteiger charge is -2.11. The fourth-order valence-electron chi connectivity index (χ4n) is 4.05. The first-order valence-corrected chi connectivity index (χ1v) is 13.9. The van der Waals surface area contributed by atoms with Gasteiger partial charge in [0.2, 0.25) is 10.0 Å². The van der Waals surface area contributed by atoms with Crippen molar-refractivity contribution in [3.8, 4) is 5.75 Å². The minimum atomic E-state index is -3.39. The lowest BCUT2D eigenvalue weighted by atomic mass is 10.0. The van der Waals surface area contributed by atoms with Crippen LogP contribution in [0.3, 0.4) is 0 Å². The second kappa shape index (κ2) is 14.3. The molecule has 174 valence electrons. The van der Waals surface area contributed by atoms with Gasteiger partial charge in [0.05, 0.1) is 11.4 Å². The van der Waals surface area contributed by atoms with Crippen LogP contribution in [0.2, 0.25) is 0 Å². The molecule has 0 aliphatic carbocycles. The number of phenolic OH excluding ortho intramolecular Hbond substituents is 1. The second-order valence-electron chi connectivity index (χ2n) is 8.73. The molecule has 0 fully saturated rings. The SMILES string of the molecule is CCCCCCCCCCCCCCCCS(=O)(=O)Nc1cccc2ccc(O)cc12. The number of unbranched alkanes of at least 4 members (excludes halogenated alkanes) is 13. The zero-order valence-corrected chi connectivity index (χ0v) is 20.1. The second-order valence-corrected chi connectivity index (χ2v) is 10.6. The number of rotatable bonds is 17. The number of hydrogen-bond donors (Lipinski definition) is 2. The Morgan fingerprint density at radius 2 is 1.29 bits per heavy atom. The Kier molecular flexibility index (Phi) is 11.8. The largest absolute Gasteiger partial charge is 0.508 e. The summed E-state index contributed by atoms with van der Waals surface area (Å²) < 4.78 is 27.6. The van der Waals surface area contributed by atoms with E-state index in [4.69, 9.17) is 0 Å². The van der Waals surface area contributed by atoms with Gasteiger partial charge in [0.25, 0.3) is 0 Å². The molecule has 0 spiro atoms. The van der Waals surface area contributed by atoms with Crippen LogP contribution in [0.25, 0.3) is 10.8 Å². The van der Waals surface area contributed by atoms with E-state index in [1.165, 1.54) is 70.6 Å². The number of sulfonamides is 1. The summed E-state index contributed by atoms with van der Waals surface area (Å²) in [6.45, 7) is 2.26. The van der Waals surface area contributed by atoms with Crippen LogP contribution < -0.4 is 4.72 Å². The molecule has 0 unspecified atom stereocenters. The van der Waals surface area contributed by atoms with Crippen molar-refractivity contribution >= 4 is 26.5 Å². The van der Waals surface area contributed by atoms with Crippen LogP contribution in [-0.2, 0) is 10.0 Å². The molecule has 31 heavy (non-hydrogen) atoms. The van der Waals surface area contributed by atoms with E-state index in [2.05, 4.69) is 11.6 Å². The van der Waals surface area contributed by atoms with Crippen molar-refractivity contribution in [2.24, 2.45) is 0 Å². The standard InChI is InChI=1S/C26H41NO3S/c1-2-3-4-5-6-7-8-9-10-11-12-13-14-15-21-31(29,30)27-26-18-16-17-23-19-20-24(28)22-25(23)26/h16-20,22,27-28H,2-15,21H2,1H3. The zero-order chi connectivity index (χ0) is 22.4. The normalized spacial score (nSPS) is 11.8. The molecular weight excluding hydrogens is 406 g/mol. The maximum atomic E-state index is 12.5. The van der Waals surface area contributed by atoms with Gasteiger partial charge in [-0.3, -0.25) is 4.72 Å². The van der Waals surface area contributed by atoms with E-state index in [0.29, 0.717) is 17.5 Å². The maximum absolute atomic E-state index is 12.5. The number of nitrogens with one attached hydrogen (secondary N) is 1. The summed E-state index contributed by atoms with van der Waals surface area (Å²) in [7, 11) is -3.39. The minimum Gasteiger partial charge on any atom is -0.508 e. The highest BCUT2D eigenvalue weighted by Gasteiger charge is 2.12. The number of benzene rings is 2. The van der Waals surface area contributed by atoms with Crippen LogP contribution in [0.15, 0.2) is 36.4 Å². The van der Waals surface area contributed by atoms with Crippen molar-refractivity contribution in [3.63, 3.8) is 0 Å². The van der Waals surface area contributed by atoms with Gasteiger partial charge >= 0.3 is 0 Å². The number of hydrogen-bond acceptors (Lipinski definition) is 3. The van der Waals surface area contributed by atoms with E-state index in [1.807, 2.05) is 12.1 Å². The molecule has 0 aliphatic heterocycles. The molecule has 2 aromatic carbocycles. The first-order valence-electron chi connectivity index (χ1n) is 12.2. The van der Waals surface area contributed by atoms with Gasteiger partial charge < -0.3 is 5.11 Å². The third-order valence-corrected chi connectivity index (χ3v) is 7.25. The fourth-order valence-corrected chi connectivity index (χ4v) is 5.25. The average Bonchev–Trinajstić information content (AvgIpc) is 2.74. The Labute approximate surface area is 189 Å². The Hall–Kier alpha value is -1.75. The predicted octanol–water partition coefficient (Wildman–Crippen LogP) is 7.77. The molecule has 0 saturated carbocycles. The van der Waals surface area contributed by atoms with Crippen LogP contribution in [0.4, 0.5) is 5.69 Å². The first-order chi connectivity index (χ1) is 15.0. The van der Waals surface area contributed by atoms with Gasteiger partial charge in [-0.15, -0.1) is 0 Å². The Balaban J connectivity index is 1.55. The van der Waals surface area contributed by atoms with E-state index in [-0.39, 0.29) is 11.5 Å². The lowest BCUT2D eigenvalue weighted by molar-refractivity contribution is 0.476. The number of anilines is 1. The third-order valence-electron chi connectivity index (χ3n) is 5.90. The molecule has 0 saturated heterocycles. The van der Waals surface area contributed by atoms with Gasteiger partial charge in [-0.05, 0) is 30.0 Å². The predicted molar refractivity (Wildman–Crippen MR) is 133 cm³/mol. The summed E-state index contributed by atoms with van der Waals surface area (Å²) in [5.41, 5.74) is 0.527. The van der Waals surface area contributed by atoms with Crippen molar-refractivity contribution in [2.45, 2.75) is 96.8 Å². The molecule has 0 radical (unpaired) electrons. The van der Waals surface area contributed by atoms with Crippen molar-refractivity contribution in [3.05, 3.63) is 36.4 Å². The molecule has 0 aliphatic rings. The molecule has 2 N–H and O–H groups in total. The monoisotopic (exact) mass is 447 g/mol. The van der Waals surface area contributed by atoms with E-state index < -0.39 is 10.0 Å². The quantitative estimate of drug-likeness (QED) is 0.243. The molecule has 2 rings (SSSR count). The first kappa shape index (κ1) is 25.5. The molecule has 0 bridgehead atoms. The smallest absolute Gasteiger partial charge is 0.232 e. The number of fused-ring (bicyclic) bond motifs is 1. The fraction of sp³-hybridized carbons (Fsp3) is 0.615. The highest BCUT2D eigenvalue weighted by molar-refractivity contribution is 7.92. The molecule has 2 aromatic rings. The highest BCUT2D eigenvalue weighted by Crippen LogP contribution is 2.27. The summed E-state index contributed by atoms with van der Waals surface area (Å²) in [5, 5.41) is 11.3. The van der Waals surface area contributed by atoms with Gasteiger partial charge in [0.15, 0.2) is 0 Å². The molecule has 0 amide bonds. The van der Waals surface area contributed by atoms with E-state index in [0.717, 1.165) is 18.2 Å². The number of phenols is 1. The van der Waals surface area contributed by atoms with Crippen LogP contribution >= 0.6 is 0 Å². The van der Waals surface area contributed by atoms with Crippen molar-refractivity contribution in [1.29, 1.82) is 0 Å². The molecular formula is C26H41NO3S. The Morgan fingerprint density at radius 3 is 1.87 bits per heavy atom. The Morgan fingerprint density at radius 1 is 0.742 bits per heavy atom. The van der Waals surface area contributed by atoms with Crippen LogP contribution in [0, 0.1) is 0 Å². The summed E-state index contributed by atoms with van der Waals surface area (Å²) in [5.74, 6) is 0.270. The average molecular weight is 448 g/mol. The topological polar surface area (TPSA) is 66.4 Å². The Bertz CT molecular complexity index is 864. The van der Waals surface area contributed by atoms with Crippen LogP contribution in [0.5, 0.6) is 5.75 Å². The van der Waals surface area contributed by atoms with Crippen LogP contribution in [-0.4, -0.2) is 19.3 Å². The van der Waals surface area contributed by atoms with Gasteiger partial charge in [0.1, 0.15) is 5.75 Å². The van der Waals surface area contributed by atoms with Crippen LogP contribution in [0.1, 0.15) is 96.8 Å². The highest BCUT2D eigenvalue weighted by atomic mass is 32.2. The molecule has 0 aromatic heterocycles. The number of aromatic hydroxyl groups is 1.